The molecular weight excluding hydrogens is 448 g/mol. The first-order valence-corrected chi connectivity index (χ1v) is 11.8. The van der Waals surface area contributed by atoms with E-state index < -0.39 is 0 Å². The van der Waals surface area contributed by atoms with Crippen LogP contribution in [0.3, 0.4) is 0 Å². The molecule has 2 unspecified atom stereocenters. The summed E-state index contributed by atoms with van der Waals surface area (Å²) in [5, 5.41) is 4.74. The average Bonchev–Trinajstić information content (AvgIpc) is 3.22. The van der Waals surface area contributed by atoms with Crippen LogP contribution in [0.2, 0.25) is 5.02 Å². The van der Waals surface area contributed by atoms with Crippen LogP contribution in [0.15, 0.2) is 84.2 Å². The van der Waals surface area contributed by atoms with E-state index in [-0.39, 0.29) is 28.9 Å². The molecule has 0 spiro atoms. The minimum Gasteiger partial charge on any atom is -0.350 e. The molecule has 2 aliphatic heterocycles. The van der Waals surface area contributed by atoms with E-state index in [1.165, 1.54) is 0 Å². The highest BCUT2D eigenvalue weighted by Gasteiger charge is 2.51. The number of benzene rings is 2. The lowest BCUT2D eigenvalue weighted by atomic mass is 9.84. The number of nitrogens with zero attached hydrogens (tertiary/aromatic N) is 1. The molecule has 7 heteroatoms. The lowest BCUT2D eigenvalue weighted by Gasteiger charge is -2.39. The Balaban J connectivity index is 1.49. The van der Waals surface area contributed by atoms with Crippen LogP contribution < -0.4 is 10.7 Å². The van der Waals surface area contributed by atoms with E-state index in [4.69, 9.17) is 11.6 Å². The van der Waals surface area contributed by atoms with E-state index in [9.17, 15) is 9.59 Å². The summed E-state index contributed by atoms with van der Waals surface area (Å²) < 4.78 is -0.295. The van der Waals surface area contributed by atoms with Crippen LogP contribution in [0.1, 0.15) is 28.9 Å². The average molecular weight is 472 g/mol. The number of fused-ring (bicyclic) bond motifs is 1. The molecule has 3 heterocycles. The second-order valence-corrected chi connectivity index (χ2v) is 9.48. The monoisotopic (exact) mass is 471 g/mol. The molecule has 0 radical (unpaired) electrons. The first-order chi connectivity index (χ1) is 16.5. The molecule has 0 saturated carbocycles. The van der Waals surface area contributed by atoms with Crippen LogP contribution in [-0.2, 0) is 4.79 Å². The standard InChI is InChI=1S/C27H23ClN4O2/c28-22-9-10-23-20(12-22)13-24(30-23)27(34)31-32-16-21(17-5-2-1-3-6-17)11-18-7-4-8-19(26(18)32)14-29-15-25(32)33/h1-7,9-10,12-13,16,19,29H,8,11,14-15H2,(H-,30,31,34)/p+1. The molecule has 2 amide bonds. The number of rotatable bonds is 3. The third-order valence-corrected chi connectivity index (χ3v) is 7.11. The zero-order valence-electron chi connectivity index (χ0n) is 18.5. The van der Waals surface area contributed by atoms with Crippen LogP contribution >= 0.6 is 11.6 Å². The lowest BCUT2D eigenvalue weighted by molar-refractivity contribution is -0.804. The van der Waals surface area contributed by atoms with Crippen molar-refractivity contribution in [3.63, 3.8) is 0 Å². The molecule has 0 bridgehead atoms. The van der Waals surface area contributed by atoms with E-state index in [1.54, 1.807) is 12.1 Å². The molecule has 1 aromatic heterocycles. The Morgan fingerprint density at radius 3 is 2.82 bits per heavy atom. The molecule has 1 fully saturated rings. The molecule has 6 nitrogen and oxygen atoms in total. The van der Waals surface area contributed by atoms with Gasteiger partial charge in [-0.3, -0.25) is 4.79 Å². The molecule has 1 aliphatic carbocycles. The largest absolute Gasteiger partial charge is 0.361 e. The molecule has 6 rings (SSSR count). The van der Waals surface area contributed by atoms with Crippen molar-refractivity contribution in [1.29, 1.82) is 0 Å². The number of hydrogen-bond acceptors (Lipinski definition) is 3. The summed E-state index contributed by atoms with van der Waals surface area (Å²) in [6, 6.07) is 17.3. The smallest absolute Gasteiger partial charge is 0.350 e. The van der Waals surface area contributed by atoms with Crippen LogP contribution in [0, 0.1) is 5.92 Å². The van der Waals surface area contributed by atoms with Gasteiger partial charge in [0.05, 0.1) is 5.92 Å². The fourth-order valence-electron chi connectivity index (χ4n) is 5.35. The van der Waals surface area contributed by atoms with Crippen molar-refractivity contribution in [2.75, 3.05) is 13.1 Å². The van der Waals surface area contributed by atoms with Gasteiger partial charge in [0.2, 0.25) is 0 Å². The fourth-order valence-corrected chi connectivity index (χ4v) is 5.53. The number of hydrogen-bond donors (Lipinski definition) is 3. The minimum absolute atomic E-state index is 0.106. The maximum atomic E-state index is 13.7. The van der Waals surface area contributed by atoms with Crippen molar-refractivity contribution in [3.05, 3.63) is 100 Å². The van der Waals surface area contributed by atoms with E-state index in [2.05, 4.69) is 27.9 Å². The Bertz CT molecular complexity index is 1420. The lowest BCUT2D eigenvalue weighted by Crippen LogP contribution is -2.62. The summed E-state index contributed by atoms with van der Waals surface area (Å²) in [4.78, 5) is 30.5. The first kappa shape index (κ1) is 21.1. The van der Waals surface area contributed by atoms with Crippen LogP contribution in [0.4, 0.5) is 0 Å². The van der Waals surface area contributed by atoms with Crippen LogP contribution in [0.25, 0.3) is 16.5 Å². The summed E-state index contributed by atoms with van der Waals surface area (Å²) in [5.74, 6) is -0.318. The van der Waals surface area contributed by atoms with Crippen LogP contribution in [-0.4, -0.2) is 34.5 Å². The molecular formula is C27H24ClN4O2+. The van der Waals surface area contributed by atoms with Gasteiger partial charge in [-0.1, -0.05) is 54.1 Å². The van der Waals surface area contributed by atoms with Crippen molar-refractivity contribution in [3.8, 4) is 0 Å². The first-order valence-electron chi connectivity index (χ1n) is 11.4. The number of amides is 2. The molecule has 3 aromatic rings. The maximum absolute atomic E-state index is 13.7. The zero-order valence-corrected chi connectivity index (χ0v) is 19.2. The Hall–Kier alpha value is -3.45. The third-order valence-electron chi connectivity index (χ3n) is 6.88. The number of halogens is 1. The summed E-state index contributed by atoms with van der Waals surface area (Å²) in [5.41, 5.74) is 8.44. The fraction of sp³-hybridized carbons (Fsp3) is 0.185. The number of aromatic amines is 1. The molecule has 2 atom stereocenters. The number of quaternary nitrogens is 1. The van der Waals surface area contributed by atoms with Crippen molar-refractivity contribution >= 4 is 39.9 Å². The van der Waals surface area contributed by atoms with Crippen molar-refractivity contribution in [2.45, 2.75) is 12.8 Å². The van der Waals surface area contributed by atoms with E-state index >= 15 is 0 Å². The van der Waals surface area contributed by atoms with Crippen molar-refractivity contribution < 1.29 is 14.2 Å². The number of H-pyrrole nitrogens is 1. The molecule has 3 N–H and O–H groups in total. The second kappa shape index (κ2) is 8.09. The topological polar surface area (TPSA) is 74.0 Å². The zero-order chi connectivity index (χ0) is 23.3. The predicted molar refractivity (Wildman–Crippen MR) is 132 cm³/mol. The number of nitrogens with one attached hydrogen (secondary N) is 3. The highest BCUT2D eigenvalue weighted by Crippen LogP contribution is 2.43. The van der Waals surface area contributed by atoms with Gasteiger partial charge in [0.25, 0.3) is 0 Å². The van der Waals surface area contributed by atoms with Gasteiger partial charge in [-0.2, -0.15) is 5.43 Å². The number of carbonyl (C=O) groups is 2. The molecule has 34 heavy (non-hydrogen) atoms. The minimum atomic E-state index is -0.340. The summed E-state index contributed by atoms with van der Waals surface area (Å²) >= 11 is 6.13. The number of aromatic nitrogens is 1. The SMILES string of the molecule is O=C(N[N+]12C=C(c3ccccc3)CC3=C1C(CC=C3)CNCC2=O)c1cc2cc(Cl)ccc2[nH]1. The maximum Gasteiger partial charge on any atom is 0.361 e. The van der Waals surface area contributed by atoms with Gasteiger partial charge in [0.1, 0.15) is 18.4 Å². The van der Waals surface area contributed by atoms with Crippen molar-refractivity contribution in [1.82, 2.24) is 15.7 Å². The van der Waals surface area contributed by atoms with E-state index in [0.717, 1.165) is 46.2 Å². The predicted octanol–water partition coefficient (Wildman–Crippen LogP) is 4.69. The molecule has 2 aromatic carbocycles. The molecule has 3 aliphatic rings. The van der Waals surface area contributed by atoms with Gasteiger partial charge in [0.15, 0.2) is 5.70 Å². The van der Waals surface area contributed by atoms with Gasteiger partial charge < -0.3 is 10.3 Å². The highest BCUT2D eigenvalue weighted by atomic mass is 35.5. The third kappa shape index (κ3) is 3.42. The quantitative estimate of drug-likeness (QED) is 0.485. The Labute approximate surface area is 202 Å². The second-order valence-electron chi connectivity index (χ2n) is 9.05. The Morgan fingerprint density at radius 1 is 1.12 bits per heavy atom. The Kier molecular flexibility index (Phi) is 5.03. The van der Waals surface area contributed by atoms with Gasteiger partial charge in [-0.05, 0) is 36.2 Å². The van der Waals surface area contributed by atoms with Gasteiger partial charge in [-0.15, -0.1) is 4.59 Å². The highest BCUT2D eigenvalue weighted by molar-refractivity contribution is 6.31. The van der Waals surface area contributed by atoms with Gasteiger partial charge in [0, 0.05) is 40.0 Å². The number of allylic oxidation sites excluding steroid dienone is 4. The normalized spacial score (nSPS) is 24.0. The number of carbonyl (C=O) groups excluding carboxylic acids is 2. The summed E-state index contributed by atoms with van der Waals surface area (Å²) in [7, 11) is 0. The van der Waals surface area contributed by atoms with Crippen LogP contribution in [0.5, 0.6) is 0 Å². The molecule has 170 valence electrons. The van der Waals surface area contributed by atoms with Crippen molar-refractivity contribution in [2.24, 2.45) is 5.92 Å². The van der Waals surface area contributed by atoms with E-state index in [0.29, 0.717) is 17.3 Å². The Morgan fingerprint density at radius 2 is 1.97 bits per heavy atom. The van der Waals surface area contributed by atoms with Gasteiger partial charge in [-0.25, -0.2) is 4.79 Å². The molecule has 1 saturated heterocycles. The summed E-state index contributed by atoms with van der Waals surface area (Å²) in [6.07, 6.45) is 7.78. The summed E-state index contributed by atoms with van der Waals surface area (Å²) in [6.45, 7) is 0.874. The van der Waals surface area contributed by atoms with E-state index in [1.807, 2.05) is 48.7 Å². The van der Waals surface area contributed by atoms with Gasteiger partial charge >= 0.3 is 11.8 Å².